The van der Waals surface area contributed by atoms with E-state index in [0.29, 0.717) is 13.0 Å². The molecule has 2 aliphatic rings. The van der Waals surface area contributed by atoms with Gasteiger partial charge in [-0.25, -0.2) is 4.79 Å². The Kier molecular flexibility index (Phi) is 2.62. The van der Waals surface area contributed by atoms with Gasteiger partial charge in [0.05, 0.1) is 18.2 Å². The van der Waals surface area contributed by atoms with Crippen LogP contribution in [0.1, 0.15) is 27.2 Å². The summed E-state index contributed by atoms with van der Waals surface area (Å²) in [5.41, 5.74) is -0.690. The molecule has 0 bridgehead atoms. The number of likely N-dealkylation sites (tertiary alicyclic amines) is 1. The lowest BCUT2D eigenvalue weighted by molar-refractivity contribution is -0.00316. The SMILES string of the molecule is CC(C)(C)OC(=O)N1CC(O)CC12CNC2. The van der Waals surface area contributed by atoms with E-state index in [4.69, 9.17) is 4.74 Å². The third kappa shape index (κ3) is 2.01. The fraction of sp³-hybridized carbons (Fsp3) is 0.909. The number of rotatable bonds is 0. The molecular weight excluding hydrogens is 208 g/mol. The second kappa shape index (κ2) is 3.60. The molecule has 1 unspecified atom stereocenters. The van der Waals surface area contributed by atoms with Crippen molar-refractivity contribution in [3.05, 3.63) is 0 Å². The maximum atomic E-state index is 12.0. The molecule has 2 rings (SSSR count). The maximum Gasteiger partial charge on any atom is 0.410 e. The Labute approximate surface area is 95.8 Å². The number of carbonyl (C=O) groups is 1. The van der Waals surface area contributed by atoms with Crippen molar-refractivity contribution < 1.29 is 14.6 Å². The smallest absolute Gasteiger partial charge is 0.410 e. The molecule has 1 spiro atoms. The first-order chi connectivity index (χ1) is 7.32. The molecule has 2 fully saturated rings. The van der Waals surface area contributed by atoms with E-state index >= 15 is 0 Å². The van der Waals surface area contributed by atoms with Crippen molar-refractivity contribution in [1.29, 1.82) is 0 Å². The summed E-state index contributed by atoms with van der Waals surface area (Å²) >= 11 is 0. The average Bonchev–Trinajstić information content (AvgIpc) is 2.39. The number of β-amino-alcohol motifs (C(OH)–C–C–N with tert-alkyl or cyclic N) is 1. The van der Waals surface area contributed by atoms with Crippen LogP contribution in [0.3, 0.4) is 0 Å². The summed E-state index contributed by atoms with van der Waals surface area (Å²) < 4.78 is 5.35. The largest absolute Gasteiger partial charge is 0.444 e. The van der Waals surface area contributed by atoms with Gasteiger partial charge in [0.2, 0.25) is 0 Å². The van der Waals surface area contributed by atoms with Crippen LogP contribution in [0.5, 0.6) is 0 Å². The summed E-state index contributed by atoms with van der Waals surface area (Å²) in [5.74, 6) is 0. The Bertz CT molecular complexity index is 294. The van der Waals surface area contributed by atoms with Crippen LogP contribution in [0.2, 0.25) is 0 Å². The fourth-order valence-corrected chi connectivity index (χ4v) is 2.35. The molecule has 2 saturated heterocycles. The molecule has 2 N–H and O–H groups in total. The number of aliphatic hydroxyl groups is 1. The Balaban J connectivity index is 2.05. The molecule has 0 radical (unpaired) electrons. The van der Waals surface area contributed by atoms with Gasteiger partial charge >= 0.3 is 6.09 Å². The second-order valence-electron chi connectivity index (χ2n) is 5.78. The number of nitrogens with one attached hydrogen (secondary N) is 1. The molecule has 1 atom stereocenters. The second-order valence-corrected chi connectivity index (χ2v) is 5.78. The van der Waals surface area contributed by atoms with Crippen LogP contribution in [0.25, 0.3) is 0 Å². The average molecular weight is 228 g/mol. The Morgan fingerprint density at radius 1 is 1.50 bits per heavy atom. The third-order valence-electron chi connectivity index (χ3n) is 3.10. The summed E-state index contributed by atoms with van der Waals surface area (Å²) in [6, 6.07) is 0. The highest BCUT2D eigenvalue weighted by Crippen LogP contribution is 2.34. The van der Waals surface area contributed by atoms with E-state index in [1.165, 1.54) is 0 Å². The minimum atomic E-state index is -0.483. The van der Waals surface area contributed by atoms with E-state index in [-0.39, 0.29) is 11.6 Å². The molecule has 0 aromatic rings. The molecule has 0 saturated carbocycles. The van der Waals surface area contributed by atoms with E-state index in [2.05, 4.69) is 5.32 Å². The van der Waals surface area contributed by atoms with Crippen LogP contribution in [-0.2, 0) is 4.74 Å². The molecule has 0 aromatic carbocycles. The van der Waals surface area contributed by atoms with E-state index in [1.807, 2.05) is 20.8 Å². The predicted molar refractivity (Wildman–Crippen MR) is 59.2 cm³/mol. The zero-order valence-corrected chi connectivity index (χ0v) is 10.1. The fourth-order valence-electron chi connectivity index (χ4n) is 2.35. The number of amides is 1. The highest BCUT2D eigenvalue weighted by molar-refractivity contribution is 5.70. The standard InChI is InChI=1S/C11H20N2O3/c1-10(2,3)16-9(15)13-5-8(14)4-11(13)6-12-7-11/h8,12,14H,4-7H2,1-3H3. The van der Waals surface area contributed by atoms with E-state index in [9.17, 15) is 9.90 Å². The monoisotopic (exact) mass is 228 g/mol. The zero-order chi connectivity index (χ0) is 12.0. The number of ether oxygens (including phenoxy) is 1. The quantitative estimate of drug-likeness (QED) is 0.627. The number of aliphatic hydroxyl groups excluding tert-OH is 1. The third-order valence-corrected chi connectivity index (χ3v) is 3.10. The Hall–Kier alpha value is -0.810. The highest BCUT2D eigenvalue weighted by atomic mass is 16.6. The van der Waals surface area contributed by atoms with Crippen molar-refractivity contribution in [3.63, 3.8) is 0 Å². The van der Waals surface area contributed by atoms with E-state index < -0.39 is 11.7 Å². The summed E-state index contributed by atoms with van der Waals surface area (Å²) in [7, 11) is 0. The molecule has 16 heavy (non-hydrogen) atoms. The van der Waals surface area contributed by atoms with Crippen molar-refractivity contribution >= 4 is 6.09 Å². The van der Waals surface area contributed by atoms with Gasteiger partial charge in [-0.2, -0.15) is 0 Å². The van der Waals surface area contributed by atoms with Gasteiger partial charge in [0, 0.05) is 19.5 Å². The minimum absolute atomic E-state index is 0.207. The predicted octanol–water partition coefficient (Wildman–Crippen LogP) is 0.330. The molecular formula is C11H20N2O3. The topological polar surface area (TPSA) is 61.8 Å². The normalized spacial score (nSPS) is 28.0. The van der Waals surface area contributed by atoms with Gasteiger partial charge in [0.25, 0.3) is 0 Å². The Morgan fingerprint density at radius 2 is 2.12 bits per heavy atom. The van der Waals surface area contributed by atoms with Crippen LogP contribution in [0, 0.1) is 0 Å². The lowest BCUT2D eigenvalue weighted by Gasteiger charge is -2.45. The highest BCUT2D eigenvalue weighted by Gasteiger charge is 2.52. The van der Waals surface area contributed by atoms with Gasteiger partial charge in [-0.1, -0.05) is 0 Å². The molecule has 5 nitrogen and oxygen atoms in total. The van der Waals surface area contributed by atoms with Crippen LogP contribution in [0.15, 0.2) is 0 Å². The first-order valence-corrected chi connectivity index (χ1v) is 5.72. The molecule has 2 aliphatic heterocycles. The van der Waals surface area contributed by atoms with Gasteiger partial charge in [-0.3, -0.25) is 4.90 Å². The van der Waals surface area contributed by atoms with E-state index in [1.54, 1.807) is 4.90 Å². The van der Waals surface area contributed by atoms with Crippen LogP contribution >= 0.6 is 0 Å². The molecule has 5 heteroatoms. The summed E-state index contributed by atoms with van der Waals surface area (Å²) in [6.45, 7) is 7.44. The Morgan fingerprint density at radius 3 is 2.56 bits per heavy atom. The first-order valence-electron chi connectivity index (χ1n) is 5.72. The van der Waals surface area contributed by atoms with Gasteiger partial charge in [0.1, 0.15) is 5.60 Å². The minimum Gasteiger partial charge on any atom is -0.444 e. The van der Waals surface area contributed by atoms with Gasteiger partial charge < -0.3 is 15.2 Å². The lowest BCUT2D eigenvalue weighted by atomic mass is 9.89. The van der Waals surface area contributed by atoms with Crippen molar-refractivity contribution in [2.75, 3.05) is 19.6 Å². The number of hydrogen-bond donors (Lipinski definition) is 2. The summed E-state index contributed by atoms with van der Waals surface area (Å²) in [6.07, 6.45) is -0.0839. The van der Waals surface area contributed by atoms with Gasteiger partial charge in [-0.15, -0.1) is 0 Å². The van der Waals surface area contributed by atoms with Crippen LogP contribution in [0.4, 0.5) is 4.79 Å². The van der Waals surface area contributed by atoms with Gasteiger partial charge in [-0.05, 0) is 20.8 Å². The summed E-state index contributed by atoms with van der Waals surface area (Å²) in [4.78, 5) is 13.7. The number of carbonyl (C=O) groups excluding carboxylic acids is 1. The lowest BCUT2D eigenvalue weighted by Crippen LogP contribution is -2.67. The first kappa shape index (κ1) is 11.7. The molecule has 0 aliphatic carbocycles. The number of nitrogens with zero attached hydrogens (tertiary/aromatic N) is 1. The van der Waals surface area contributed by atoms with Crippen molar-refractivity contribution in [3.8, 4) is 0 Å². The molecule has 2 heterocycles. The molecule has 92 valence electrons. The molecule has 1 amide bonds. The van der Waals surface area contributed by atoms with Crippen molar-refractivity contribution in [2.24, 2.45) is 0 Å². The van der Waals surface area contributed by atoms with Crippen LogP contribution in [-0.4, -0.2) is 53.0 Å². The molecule has 0 aromatic heterocycles. The summed E-state index contributed by atoms with van der Waals surface area (Å²) in [5, 5.41) is 12.8. The van der Waals surface area contributed by atoms with Crippen LogP contribution < -0.4 is 5.32 Å². The van der Waals surface area contributed by atoms with E-state index in [0.717, 1.165) is 13.1 Å². The maximum absolute atomic E-state index is 12.0. The van der Waals surface area contributed by atoms with Crippen molar-refractivity contribution in [1.82, 2.24) is 10.2 Å². The number of hydrogen-bond acceptors (Lipinski definition) is 4. The van der Waals surface area contributed by atoms with Crippen molar-refractivity contribution in [2.45, 2.75) is 44.4 Å². The zero-order valence-electron chi connectivity index (χ0n) is 10.1. The van der Waals surface area contributed by atoms with Gasteiger partial charge in [0.15, 0.2) is 0 Å².